The van der Waals surface area contributed by atoms with Crippen LogP contribution in [-0.2, 0) is 22.6 Å². The molecule has 0 radical (unpaired) electrons. The Bertz CT molecular complexity index is 1010. The van der Waals surface area contributed by atoms with Crippen molar-refractivity contribution in [3.05, 3.63) is 45.6 Å². The van der Waals surface area contributed by atoms with Gasteiger partial charge < -0.3 is 15.2 Å². The highest BCUT2D eigenvalue weighted by molar-refractivity contribution is 7.99. The van der Waals surface area contributed by atoms with E-state index < -0.39 is 0 Å². The van der Waals surface area contributed by atoms with Gasteiger partial charge in [0.2, 0.25) is 11.8 Å². The summed E-state index contributed by atoms with van der Waals surface area (Å²) in [5, 5.41) is 17.3. The number of aromatic nitrogens is 4. The van der Waals surface area contributed by atoms with Crippen LogP contribution >= 0.6 is 46.3 Å². The number of rotatable bonds is 8. The number of carbonyl (C=O) groups is 2. The molecule has 0 aliphatic rings. The van der Waals surface area contributed by atoms with Crippen LogP contribution in [0.4, 0.5) is 10.8 Å². The van der Waals surface area contributed by atoms with E-state index in [1.165, 1.54) is 23.1 Å². The molecule has 29 heavy (non-hydrogen) atoms. The van der Waals surface area contributed by atoms with Crippen molar-refractivity contribution in [1.82, 2.24) is 19.7 Å². The van der Waals surface area contributed by atoms with Gasteiger partial charge in [-0.15, -0.1) is 21.5 Å². The lowest BCUT2D eigenvalue weighted by atomic mass is 10.3. The van der Waals surface area contributed by atoms with Crippen LogP contribution in [-0.4, -0.2) is 37.3 Å². The Balaban J connectivity index is 1.58. The molecule has 0 bridgehead atoms. The summed E-state index contributed by atoms with van der Waals surface area (Å²) in [5.41, 5.74) is 0.542. The summed E-state index contributed by atoms with van der Waals surface area (Å²) in [4.78, 5) is 28.4. The van der Waals surface area contributed by atoms with Crippen molar-refractivity contribution >= 4 is 68.9 Å². The first-order valence-electron chi connectivity index (χ1n) is 8.45. The Hall–Kier alpha value is -2.14. The van der Waals surface area contributed by atoms with Crippen molar-refractivity contribution in [2.75, 3.05) is 16.4 Å². The molecular weight excluding hydrogens is 455 g/mol. The number of nitrogens with one attached hydrogen (secondary N) is 2. The summed E-state index contributed by atoms with van der Waals surface area (Å²) in [6, 6.07) is 4.85. The summed E-state index contributed by atoms with van der Waals surface area (Å²) in [6.45, 7) is 2.49. The second-order valence-corrected chi connectivity index (χ2v) is 8.32. The molecule has 12 heteroatoms. The predicted molar refractivity (Wildman–Crippen MR) is 116 cm³/mol. The second kappa shape index (κ2) is 10.1. The topological polar surface area (TPSA) is 102 Å². The Morgan fingerprint density at radius 1 is 1.17 bits per heavy atom. The Morgan fingerprint density at radius 2 is 2.00 bits per heavy atom. The van der Waals surface area contributed by atoms with Gasteiger partial charge in [-0.1, -0.05) is 35.0 Å². The van der Waals surface area contributed by atoms with E-state index in [0.717, 1.165) is 0 Å². The van der Waals surface area contributed by atoms with Crippen LogP contribution < -0.4 is 10.6 Å². The van der Waals surface area contributed by atoms with Crippen LogP contribution in [0, 0.1) is 0 Å². The van der Waals surface area contributed by atoms with Crippen LogP contribution in [0.15, 0.2) is 34.9 Å². The first kappa shape index (κ1) is 21.6. The van der Waals surface area contributed by atoms with Gasteiger partial charge in [-0.2, -0.15) is 0 Å². The molecule has 0 saturated carbocycles. The molecule has 0 atom stereocenters. The van der Waals surface area contributed by atoms with Gasteiger partial charge in [0.15, 0.2) is 10.3 Å². The number of thioether (sulfide) groups is 1. The van der Waals surface area contributed by atoms with Crippen LogP contribution in [0.2, 0.25) is 10.0 Å². The fourth-order valence-corrected chi connectivity index (χ4v) is 4.03. The monoisotopic (exact) mass is 470 g/mol. The molecule has 0 spiro atoms. The van der Waals surface area contributed by atoms with Crippen molar-refractivity contribution in [2.45, 2.75) is 25.0 Å². The second-order valence-electron chi connectivity index (χ2n) is 5.67. The van der Waals surface area contributed by atoms with Gasteiger partial charge in [0.25, 0.3) is 0 Å². The smallest absolute Gasteiger partial charge is 0.236 e. The zero-order valence-electron chi connectivity index (χ0n) is 15.2. The number of anilines is 2. The SMILES string of the molecule is CCn1c(CC(=O)Nc2ccc(Cl)c(Cl)c2)nnc1SCC(=O)Nc1nccs1. The van der Waals surface area contributed by atoms with Crippen molar-refractivity contribution in [2.24, 2.45) is 0 Å². The molecule has 1 aromatic carbocycles. The molecule has 2 heterocycles. The standard InChI is InChI=1S/C17H16Cl2N6O2S2/c1-2-25-13(8-14(26)21-10-3-4-11(18)12(19)7-10)23-24-17(25)29-9-15(27)22-16-20-5-6-28-16/h3-7H,2,8-9H2,1H3,(H,21,26)(H,20,22,27). The highest BCUT2D eigenvalue weighted by atomic mass is 35.5. The molecule has 2 aromatic heterocycles. The summed E-state index contributed by atoms with van der Waals surface area (Å²) < 4.78 is 1.80. The molecule has 0 saturated heterocycles. The van der Waals surface area contributed by atoms with Gasteiger partial charge in [-0.3, -0.25) is 9.59 Å². The van der Waals surface area contributed by atoms with E-state index >= 15 is 0 Å². The molecule has 2 amide bonds. The summed E-state index contributed by atoms with van der Waals surface area (Å²) in [6.07, 6.45) is 1.66. The lowest BCUT2D eigenvalue weighted by molar-refractivity contribution is -0.116. The third kappa shape index (κ3) is 5.92. The molecule has 0 aliphatic carbocycles. The van der Waals surface area contributed by atoms with Crippen molar-refractivity contribution in [3.63, 3.8) is 0 Å². The lowest BCUT2D eigenvalue weighted by Crippen LogP contribution is -2.18. The number of halogens is 2. The number of amides is 2. The highest BCUT2D eigenvalue weighted by Crippen LogP contribution is 2.25. The van der Waals surface area contributed by atoms with E-state index in [0.29, 0.717) is 38.4 Å². The molecule has 152 valence electrons. The van der Waals surface area contributed by atoms with Gasteiger partial charge in [0, 0.05) is 23.8 Å². The van der Waals surface area contributed by atoms with E-state index in [4.69, 9.17) is 23.2 Å². The molecule has 2 N–H and O–H groups in total. The number of carbonyl (C=O) groups excluding carboxylic acids is 2. The molecule has 0 aliphatic heterocycles. The molecule has 3 rings (SSSR count). The minimum Gasteiger partial charge on any atom is -0.326 e. The van der Waals surface area contributed by atoms with Crippen molar-refractivity contribution < 1.29 is 9.59 Å². The van der Waals surface area contributed by atoms with E-state index in [2.05, 4.69) is 25.8 Å². The fourth-order valence-electron chi connectivity index (χ4n) is 2.37. The Kier molecular flexibility index (Phi) is 7.48. The Labute approximate surface area is 185 Å². The average molecular weight is 471 g/mol. The molecular formula is C17H16Cl2N6O2S2. The number of nitrogens with zero attached hydrogens (tertiary/aromatic N) is 4. The first-order valence-corrected chi connectivity index (χ1v) is 11.1. The maximum Gasteiger partial charge on any atom is 0.236 e. The van der Waals surface area contributed by atoms with E-state index in [-0.39, 0.29) is 24.0 Å². The normalized spacial score (nSPS) is 10.7. The maximum atomic E-state index is 12.4. The number of thiazole rings is 1. The van der Waals surface area contributed by atoms with Gasteiger partial charge in [-0.05, 0) is 25.1 Å². The first-order chi connectivity index (χ1) is 14.0. The minimum atomic E-state index is -0.261. The predicted octanol–water partition coefficient (Wildman–Crippen LogP) is 3.97. The maximum absolute atomic E-state index is 12.4. The van der Waals surface area contributed by atoms with Crippen molar-refractivity contribution in [1.29, 1.82) is 0 Å². The van der Waals surface area contributed by atoms with Crippen LogP contribution in [0.5, 0.6) is 0 Å². The zero-order valence-corrected chi connectivity index (χ0v) is 18.3. The summed E-state index contributed by atoms with van der Waals surface area (Å²) in [5.74, 6) is 0.221. The molecule has 0 fully saturated rings. The number of hydrogen-bond acceptors (Lipinski definition) is 7. The third-order valence-electron chi connectivity index (χ3n) is 3.64. The molecule has 3 aromatic rings. The van der Waals surface area contributed by atoms with Gasteiger partial charge in [0.05, 0.1) is 22.2 Å². The van der Waals surface area contributed by atoms with Gasteiger partial charge in [-0.25, -0.2) is 4.98 Å². The van der Waals surface area contributed by atoms with Gasteiger partial charge in [0.1, 0.15) is 5.82 Å². The minimum absolute atomic E-state index is 0.0347. The largest absolute Gasteiger partial charge is 0.326 e. The third-order valence-corrected chi connectivity index (χ3v) is 6.04. The number of benzene rings is 1. The van der Waals surface area contributed by atoms with Crippen molar-refractivity contribution in [3.8, 4) is 0 Å². The van der Waals surface area contributed by atoms with E-state index in [9.17, 15) is 9.59 Å². The summed E-state index contributed by atoms with van der Waals surface area (Å²) >= 11 is 14.4. The average Bonchev–Trinajstić information content (AvgIpc) is 3.32. The highest BCUT2D eigenvalue weighted by Gasteiger charge is 2.16. The fraction of sp³-hybridized carbons (Fsp3) is 0.235. The molecule has 8 nitrogen and oxygen atoms in total. The lowest BCUT2D eigenvalue weighted by Gasteiger charge is -2.08. The van der Waals surface area contributed by atoms with Crippen LogP contribution in [0.25, 0.3) is 0 Å². The van der Waals surface area contributed by atoms with E-state index in [1.54, 1.807) is 34.3 Å². The summed E-state index contributed by atoms with van der Waals surface area (Å²) in [7, 11) is 0. The van der Waals surface area contributed by atoms with Crippen LogP contribution in [0.3, 0.4) is 0 Å². The van der Waals surface area contributed by atoms with Crippen LogP contribution in [0.1, 0.15) is 12.7 Å². The zero-order chi connectivity index (χ0) is 20.8. The molecule has 0 unspecified atom stereocenters. The number of hydrogen-bond donors (Lipinski definition) is 2. The Morgan fingerprint density at radius 3 is 2.69 bits per heavy atom. The van der Waals surface area contributed by atoms with Gasteiger partial charge >= 0.3 is 0 Å². The van der Waals surface area contributed by atoms with E-state index in [1.807, 2.05) is 6.92 Å². The quantitative estimate of drug-likeness (QED) is 0.482.